The summed E-state index contributed by atoms with van der Waals surface area (Å²) in [6.07, 6.45) is 2.75. The summed E-state index contributed by atoms with van der Waals surface area (Å²) >= 11 is 1.41. The summed E-state index contributed by atoms with van der Waals surface area (Å²) in [6.45, 7) is 7.21. The molecule has 29 heavy (non-hydrogen) atoms. The second-order valence-electron chi connectivity index (χ2n) is 6.64. The third-order valence-corrected chi connectivity index (χ3v) is 5.39. The van der Waals surface area contributed by atoms with Crippen molar-refractivity contribution in [3.8, 4) is 11.5 Å². The Labute approximate surface area is 176 Å². The molecule has 0 N–H and O–H groups in total. The smallest absolute Gasteiger partial charge is 0.266 e. The fourth-order valence-corrected chi connectivity index (χ4v) is 3.97. The predicted octanol–water partition coefficient (Wildman–Crippen LogP) is 5.42. The number of hydrogen-bond acceptors (Lipinski definition) is 5. The van der Waals surface area contributed by atoms with Gasteiger partial charge in [0.15, 0.2) is 16.7 Å². The average Bonchev–Trinajstić information content (AvgIpc) is 2.99. The van der Waals surface area contributed by atoms with Crippen molar-refractivity contribution in [1.29, 1.82) is 0 Å². The Hall–Kier alpha value is -2.73. The van der Waals surface area contributed by atoms with Gasteiger partial charge in [0.2, 0.25) is 0 Å². The van der Waals surface area contributed by atoms with Crippen molar-refractivity contribution in [3.63, 3.8) is 0 Å². The molecule has 0 bridgehead atoms. The first kappa shape index (κ1) is 21.0. The summed E-state index contributed by atoms with van der Waals surface area (Å²) in [6, 6.07) is 13.6. The largest absolute Gasteiger partial charge is 0.493 e. The van der Waals surface area contributed by atoms with Gasteiger partial charge in [-0.25, -0.2) is 4.99 Å². The fourth-order valence-electron chi connectivity index (χ4n) is 2.94. The standard InChI is InChI=1S/C23H26N2O3S/c1-5-13-25-22(26)21(29-23(25)24-18-10-7-16(3)8-11-18)15-17-9-12-19(27-4)20(14-17)28-6-2/h7-12,14-15H,5-6,13H2,1-4H3/b21-15+,24-23?. The summed E-state index contributed by atoms with van der Waals surface area (Å²) in [4.78, 5) is 20.1. The van der Waals surface area contributed by atoms with Gasteiger partial charge in [-0.1, -0.05) is 30.7 Å². The maximum Gasteiger partial charge on any atom is 0.266 e. The SMILES string of the molecule is CCCN1C(=O)/C(=C\c2ccc(OC)c(OCC)c2)SC1=Nc1ccc(C)cc1. The van der Waals surface area contributed by atoms with Gasteiger partial charge in [0.05, 0.1) is 24.3 Å². The molecule has 152 valence electrons. The van der Waals surface area contributed by atoms with Gasteiger partial charge in [-0.2, -0.15) is 0 Å². The first-order chi connectivity index (χ1) is 14.0. The molecule has 0 radical (unpaired) electrons. The first-order valence-electron chi connectivity index (χ1n) is 9.73. The van der Waals surface area contributed by atoms with Crippen molar-refractivity contribution in [3.05, 3.63) is 58.5 Å². The Kier molecular flexibility index (Phi) is 6.99. The van der Waals surface area contributed by atoms with E-state index in [1.807, 2.05) is 62.4 Å². The van der Waals surface area contributed by atoms with Gasteiger partial charge in [0.25, 0.3) is 5.91 Å². The van der Waals surface area contributed by atoms with E-state index in [0.717, 1.165) is 17.7 Å². The number of amides is 1. The molecule has 0 spiro atoms. The molecule has 5 nitrogen and oxygen atoms in total. The van der Waals surface area contributed by atoms with E-state index in [4.69, 9.17) is 14.5 Å². The van der Waals surface area contributed by atoms with Gasteiger partial charge in [0.1, 0.15) is 0 Å². The summed E-state index contributed by atoms with van der Waals surface area (Å²) in [5.74, 6) is 1.32. The second kappa shape index (κ2) is 9.65. The first-order valence-corrected chi connectivity index (χ1v) is 10.5. The van der Waals surface area contributed by atoms with Crippen LogP contribution in [0.15, 0.2) is 52.4 Å². The van der Waals surface area contributed by atoms with E-state index in [2.05, 4.69) is 6.92 Å². The quantitative estimate of drug-likeness (QED) is 0.572. The molecule has 1 saturated heterocycles. The number of rotatable bonds is 7. The molecule has 2 aromatic rings. The number of ether oxygens (including phenoxy) is 2. The van der Waals surface area contributed by atoms with Gasteiger partial charge in [-0.3, -0.25) is 9.69 Å². The minimum Gasteiger partial charge on any atom is -0.493 e. The van der Waals surface area contributed by atoms with Crippen molar-refractivity contribution in [2.24, 2.45) is 4.99 Å². The zero-order valence-corrected chi connectivity index (χ0v) is 18.1. The minimum absolute atomic E-state index is 0.0171. The van der Waals surface area contributed by atoms with Crippen molar-refractivity contribution < 1.29 is 14.3 Å². The molecule has 1 aliphatic heterocycles. The predicted molar refractivity (Wildman–Crippen MR) is 120 cm³/mol. The Morgan fingerprint density at radius 3 is 2.52 bits per heavy atom. The van der Waals surface area contributed by atoms with Crippen LogP contribution in [0.5, 0.6) is 11.5 Å². The Bertz CT molecular complexity index is 936. The van der Waals surface area contributed by atoms with Gasteiger partial charge < -0.3 is 9.47 Å². The van der Waals surface area contributed by atoms with E-state index >= 15 is 0 Å². The molecule has 3 rings (SSSR count). The Morgan fingerprint density at radius 2 is 1.86 bits per heavy atom. The molecule has 2 aromatic carbocycles. The summed E-state index contributed by atoms with van der Waals surface area (Å²) in [5, 5.41) is 0.713. The Morgan fingerprint density at radius 1 is 1.10 bits per heavy atom. The van der Waals surface area contributed by atoms with E-state index in [0.29, 0.717) is 34.7 Å². The minimum atomic E-state index is -0.0171. The summed E-state index contributed by atoms with van der Waals surface area (Å²) < 4.78 is 11.0. The van der Waals surface area contributed by atoms with E-state index in [9.17, 15) is 4.79 Å². The lowest BCUT2D eigenvalue weighted by Gasteiger charge is -2.14. The van der Waals surface area contributed by atoms with Crippen LogP contribution in [0.4, 0.5) is 5.69 Å². The maximum absolute atomic E-state index is 13.0. The third kappa shape index (κ3) is 5.01. The van der Waals surface area contributed by atoms with Crippen LogP contribution >= 0.6 is 11.8 Å². The maximum atomic E-state index is 13.0. The molecular formula is C23H26N2O3S. The number of methoxy groups -OCH3 is 1. The number of aryl methyl sites for hydroxylation is 1. The van der Waals surface area contributed by atoms with Crippen molar-refractivity contribution >= 4 is 34.6 Å². The van der Waals surface area contributed by atoms with Gasteiger partial charge >= 0.3 is 0 Å². The molecule has 1 heterocycles. The van der Waals surface area contributed by atoms with Crippen LogP contribution in [-0.4, -0.2) is 36.2 Å². The number of amidine groups is 1. The molecule has 0 saturated carbocycles. The average molecular weight is 411 g/mol. The van der Waals surface area contributed by atoms with Crippen LogP contribution in [0.2, 0.25) is 0 Å². The van der Waals surface area contributed by atoms with E-state index in [1.54, 1.807) is 12.0 Å². The van der Waals surface area contributed by atoms with E-state index in [-0.39, 0.29) is 5.91 Å². The lowest BCUT2D eigenvalue weighted by molar-refractivity contribution is -0.122. The van der Waals surface area contributed by atoms with Crippen molar-refractivity contribution in [2.75, 3.05) is 20.3 Å². The summed E-state index contributed by atoms with van der Waals surface area (Å²) in [7, 11) is 1.61. The normalized spacial score (nSPS) is 16.7. The highest BCUT2D eigenvalue weighted by Crippen LogP contribution is 2.36. The van der Waals surface area contributed by atoms with Crippen LogP contribution in [0.25, 0.3) is 6.08 Å². The van der Waals surface area contributed by atoms with Crippen LogP contribution in [0.1, 0.15) is 31.4 Å². The zero-order valence-electron chi connectivity index (χ0n) is 17.3. The molecule has 1 amide bonds. The van der Waals surface area contributed by atoms with Gasteiger partial charge in [0, 0.05) is 6.54 Å². The number of aliphatic imine (C=N–C) groups is 1. The molecule has 1 fully saturated rings. The number of benzene rings is 2. The lowest BCUT2D eigenvalue weighted by Crippen LogP contribution is -2.29. The van der Waals surface area contributed by atoms with Crippen LogP contribution in [0, 0.1) is 6.92 Å². The second-order valence-corrected chi connectivity index (χ2v) is 7.65. The monoisotopic (exact) mass is 410 g/mol. The van der Waals surface area contributed by atoms with Gasteiger partial charge in [-0.15, -0.1) is 0 Å². The third-order valence-electron chi connectivity index (χ3n) is 4.38. The number of carbonyl (C=O) groups is 1. The number of carbonyl (C=O) groups excluding carboxylic acids is 1. The van der Waals surface area contributed by atoms with Crippen LogP contribution < -0.4 is 9.47 Å². The topological polar surface area (TPSA) is 51.1 Å². The van der Waals surface area contributed by atoms with E-state index in [1.165, 1.54) is 17.3 Å². The molecular weight excluding hydrogens is 384 g/mol. The highest BCUT2D eigenvalue weighted by Gasteiger charge is 2.32. The lowest BCUT2D eigenvalue weighted by atomic mass is 10.2. The molecule has 6 heteroatoms. The molecule has 0 unspecified atom stereocenters. The number of nitrogens with zero attached hydrogens (tertiary/aromatic N) is 2. The van der Waals surface area contributed by atoms with Crippen LogP contribution in [-0.2, 0) is 4.79 Å². The molecule has 0 aliphatic carbocycles. The molecule has 1 aliphatic rings. The fraction of sp³-hybridized carbons (Fsp3) is 0.304. The number of hydrogen-bond donors (Lipinski definition) is 0. The van der Waals surface area contributed by atoms with Crippen molar-refractivity contribution in [1.82, 2.24) is 4.90 Å². The Balaban J connectivity index is 1.93. The van der Waals surface area contributed by atoms with E-state index < -0.39 is 0 Å². The van der Waals surface area contributed by atoms with Crippen molar-refractivity contribution in [2.45, 2.75) is 27.2 Å². The highest BCUT2D eigenvalue weighted by molar-refractivity contribution is 8.18. The van der Waals surface area contributed by atoms with Gasteiger partial charge in [-0.05, 0) is 67.9 Å². The van der Waals surface area contributed by atoms with Crippen LogP contribution in [0.3, 0.4) is 0 Å². The highest BCUT2D eigenvalue weighted by atomic mass is 32.2. The summed E-state index contributed by atoms with van der Waals surface area (Å²) in [5.41, 5.74) is 2.91. The number of thioether (sulfide) groups is 1. The zero-order chi connectivity index (χ0) is 20.8. The molecule has 0 atom stereocenters. The molecule has 0 aromatic heterocycles.